The number of nitrogens with one attached hydrogen (secondary N) is 2. The number of carbonyl (C=O) groups is 4. The first kappa shape index (κ1) is 52.3. The second-order valence-corrected chi connectivity index (χ2v) is 21.8. The molecule has 15 nitrogen and oxygen atoms in total. The fourth-order valence-corrected chi connectivity index (χ4v) is 11.7. The standard InChI is InChI=1S/C53H67ClN8O7S/c1-32(2)45(49(67)62-29-39(63)26-43(62)48(66)57-33(3)35-10-12-36(13-11-35)46-34(4)56-31-70-46)59(9)44(64)30-61-22-20-60(21-23-61)24-25-68-40-17-14-37(15-18-40)47(65)58-50-52(5,6)51(53(50,7)8)69-41-19-16-38(28-55)42(54)27-41/h10-19,27,31-33,39,43,45,50-51,63H,20-26,29-30H2,1-9H3,(H,57,66)(H,58,65)/t33-,39+,43-,45-,50-,51-/m0/s1. The molecular formula is C53H67ClN8O7S. The highest BCUT2D eigenvalue weighted by Crippen LogP contribution is 2.55. The number of hydrogen-bond acceptors (Lipinski definition) is 12. The lowest BCUT2D eigenvalue weighted by atomic mass is 9.49. The summed E-state index contributed by atoms with van der Waals surface area (Å²) in [7, 11) is 1.65. The van der Waals surface area contributed by atoms with Gasteiger partial charge >= 0.3 is 0 Å². The summed E-state index contributed by atoms with van der Waals surface area (Å²) in [4.78, 5) is 68.0. The quantitative estimate of drug-likeness (QED) is 0.104. The van der Waals surface area contributed by atoms with Crippen LogP contribution in [-0.2, 0) is 14.4 Å². The molecule has 4 atom stereocenters. The lowest BCUT2D eigenvalue weighted by molar-refractivity contribution is -0.164. The van der Waals surface area contributed by atoms with Crippen molar-refractivity contribution >= 4 is 46.6 Å². The van der Waals surface area contributed by atoms with Crippen LogP contribution < -0.4 is 20.1 Å². The summed E-state index contributed by atoms with van der Waals surface area (Å²) in [5.41, 5.74) is 4.89. The van der Waals surface area contributed by atoms with Crippen molar-refractivity contribution < 1.29 is 33.8 Å². The number of aromatic nitrogens is 1. The maximum atomic E-state index is 14.3. The number of aryl methyl sites for hydroxylation is 1. The van der Waals surface area contributed by atoms with Crippen molar-refractivity contribution in [3.63, 3.8) is 0 Å². The third-order valence-electron chi connectivity index (χ3n) is 14.4. The highest BCUT2D eigenvalue weighted by molar-refractivity contribution is 7.13. The monoisotopic (exact) mass is 994 g/mol. The first-order chi connectivity index (χ1) is 33.2. The van der Waals surface area contributed by atoms with Gasteiger partial charge in [0, 0.05) is 81.2 Å². The lowest BCUT2D eigenvalue weighted by Crippen LogP contribution is -2.74. The van der Waals surface area contributed by atoms with Crippen LogP contribution in [0.2, 0.25) is 5.02 Å². The van der Waals surface area contributed by atoms with Crippen LogP contribution in [0, 0.1) is 35.0 Å². The molecule has 4 amide bonds. The van der Waals surface area contributed by atoms with Crippen molar-refractivity contribution in [2.45, 2.75) is 98.2 Å². The molecule has 3 aliphatic rings. The molecule has 3 heterocycles. The van der Waals surface area contributed by atoms with Gasteiger partial charge in [-0.3, -0.25) is 29.0 Å². The summed E-state index contributed by atoms with van der Waals surface area (Å²) in [6.45, 7) is 20.0. The van der Waals surface area contributed by atoms with Gasteiger partial charge in [0.05, 0.1) is 45.4 Å². The molecule has 0 radical (unpaired) electrons. The predicted molar refractivity (Wildman–Crippen MR) is 271 cm³/mol. The zero-order chi connectivity index (χ0) is 50.7. The molecule has 3 fully saturated rings. The number of nitrogens with zero attached hydrogens (tertiary/aromatic N) is 6. The highest BCUT2D eigenvalue weighted by Gasteiger charge is 2.64. The normalized spacial score (nSPS) is 21.8. The van der Waals surface area contributed by atoms with Gasteiger partial charge in [-0.2, -0.15) is 5.26 Å². The Hall–Kier alpha value is -5.57. The molecule has 0 bridgehead atoms. The number of aliphatic hydroxyl groups excluding tert-OH is 1. The first-order valence-corrected chi connectivity index (χ1v) is 25.3. The summed E-state index contributed by atoms with van der Waals surface area (Å²) in [6, 6.07) is 20.0. The number of nitriles is 1. The van der Waals surface area contributed by atoms with Gasteiger partial charge in [-0.1, -0.05) is 77.4 Å². The number of hydrogen-bond donors (Lipinski definition) is 3. The second-order valence-electron chi connectivity index (χ2n) is 20.5. The average molecular weight is 996 g/mol. The van der Waals surface area contributed by atoms with E-state index in [4.69, 9.17) is 21.1 Å². The Morgan fingerprint density at radius 2 is 1.60 bits per heavy atom. The topological polar surface area (TPSA) is 181 Å². The van der Waals surface area contributed by atoms with Gasteiger partial charge in [0.1, 0.15) is 42.4 Å². The van der Waals surface area contributed by atoms with Gasteiger partial charge in [-0.05, 0) is 67.3 Å². The molecule has 70 heavy (non-hydrogen) atoms. The van der Waals surface area contributed by atoms with Crippen molar-refractivity contribution in [1.82, 2.24) is 35.2 Å². The van der Waals surface area contributed by atoms with Crippen molar-refractivity contribution in [3.8, 4) is 28.0 Å². The molecular weight excluding hydrogens is 928 g/mol. The third-order valence-corrected chi connectivity index (χ3v) is 15.7. The molecule has 0 unspecified atom stereocenters. The van der Waals surface area contributed by atoms with Gasteiger partial charge in [-0.25, -0.2) is 4.98 Å². The van der Waals surface area contributed by atoms with Crippen LogP contribution in [0.25, 0.3) is 10.4 Å². The maximum Gasteiger partial charge on any atom is 0.251 e. The molecule has 17 heteroatoms. The maximum absolute atomic E-state index is 14.3. The Balaban J connectivity index is 0.836. The van der Waals surface area contributed by atoms with E-state index < -0.39 is 18.2 Å². The van der Waals surface area contributed by atoms with Gasteiger partial charge in [0.25, 0.3) is 5.91 Å². The largest absolute Gasteiger partial charge is 0.492 e. The van der Waals surface area contributed by atoms with E-state index in [-0.39, 0.29) is 78.1 Å². The summed E-state index contributed by atoms with van der Waals surface area (Å²) >= 11 is 7.83. The van der Waals surface area contributed by atoms with E-state index in [1.807, 2.05) is 57.5 Å². The van der Waals surface area contributed by atoms with E-state index in [1.165, 1.54) is 9.80 Å². The number of benzene rings is 3. The Bertz CT molecular complexity index is 2540. The molecule has 4 aromatic rings. The van der Waals surface area contributed by atoms with E-state index in [0.29, 0.717) is 53.9 Å². The molecule has 1 saturated carbocycles. The summed E-state index contributed by atoms with van der Waals surface area (Å²) in [6.07, 6.45) is -0.948. The van der Waals surface area contributed by atoms with Gasteiger partial charge in [0.2, 0.25) is 17.7 Å². The molecule has 1 aliphatic carbocycles. The minimum absolute atomic E-state index is 0.0174. The van der Waals surface area contributed by atoms with Crippen molar-refractivity contribution in [3.05, 3.63) is 99.6 Å². The van der Waals surface area contributed by atoms with Crippen LogP contribution >= 0.6 is 22.9 Å². The second kappa shape index (κ2) is 21.8. The molecule has 3 N–H and O–H groups in total. The number of thiazole rings is 1. The van der Waals surface area contributed by atoms with Crippen LogP contribution in [-0.4, -0.2) is 143 Å². The Kier molecular flexibility index (Phi) is 16.3. The molecule has 374 valence electrons. The zero-order valence-corrected chi connectivity index (χ0v) is 43.3. The van der Waals surface area contributed by atoms with Crippen molar-refractivity contribution in [2.75, 3.05) is 59.5 Å². The number of carbonyl (C=O) groups excluding carboxylic acids is 4. The van der Waals surface area contributed by atoms with E-state index in [1.54, 1.807) is 60.8 Å². The number of ether oxygens (including phenoxy) is 2. The predicted octanol–water partition coefficient (Wildman–Crippen LogP) is 6.57. The summed E-state index contributed by atoms with van der Waals surface area (Å²) in [5.74, 6) is -0.0617. The van der Waals surface area contributed by atoms with Crippen LogP contribution in [0.4, 0.5) is 0 Å². The number of piperazine rings is 1. The van der Waals surface area contributed by atoms with Crippen LogP contribution in [0.1, 0.15) is 88.1 Å². The van der Waals surface area contributed by atoms with Gasteiger partial charge < -0.3 is 35.0 Å². The molecule has 7 rings (SSSR count). The minimum Gasteiger partial charge on any atom is -0.492 e. The Labute approximate surface area is 421 Å². The molecule has 1 aromatic heterocycles. The van der Waals surface area contributed by atoms with Gasteiger partial charge in [0.15, 0.2) is 0 Å². The first-order valence-electron chi connectivity index (χ1n) is 24.1. The zero-order valence-electron chi connectivity index (χ0n) is 41.7. The SMILES string of the molecule is Cc1ncsc1-c1ccc([C@H](C)NC(=O)[C@@H]2C[C@@H](O)CN2C(=O)[C@H](C(C)C)N(C)C(=O)CN2CCN(CCOc3ccc(C(=O)N[C@H]4C(C)(C)[C@H](Oc5ccc(C#N)c(Cl)c5)C4(C)C)cc3)CC2)cc1. The fourth-order valence-electron chi connectivity index (χ4n) is 10.7. The Morgan fingerprint density at radius 1 is 0.957 bits per heavy atom. The number of likely N-dealkylation sites (N-methyl/N-ethyl adjacent to an activating group) is 1. The van der Waals surface area contributed by atoms with E-state index in [2.05, 4.69) is 59.2 Å². The summed E-state index contributed by atoms with van der Waals surface area (Å²) in [5, 5.41) is 26.6. The van der Waals surface area contributed by atoms with Crippen molar-refractivity contribution in [1.29, 1.82) is 5.26 Å². The van der Waals surface area contributed by atoms with Crippen molar-refractivity contribution in [2.24, 2.45) is 16.7 Å². The van der Waals surface area contributed by atoms with Crippen LogP contribution in [0.3, 0.4) is 0 Å². The van der Waals surface area contributed by atoms with Crippen LogP contribution in [0.5, 0.6) is 11.5 Å². The molecule has 0 spiro atoms. The number of halogens is 1. The molecule has 2 saturated heterocycles. The smallest absolute Gasteiger partial charge is 0.251 e. The fraction of sp³-hybridized carbons (Fsp3) is 0.509. The number of likely N-dealkylation sites (tertiary alicyclic amines) is 1. The van der Waals surface area contributed by atoms with E-state index in [0.717, 1.165) is 34.8 Å². The number of aliphatic hydroxyl groups is 1. The number of β-amino-alcohol motifs (C(OH)–C–C–N with tert-alkyl or cyclic N) is 1. The van der Waals surface area contributed by atoms with Crippen LogP contribution in [0.15, 0.2) is 72.2 Å². The van der Waals surface area contributed by atoms with Gasteiger partial charge in [-0.15, -0.1) is 11.3 Å². The number of rotatable bonds is 17. The average Bonchev–Trinajstić information content (AvgIpc) is 3.95. The highest BCUT2D eigenvalue weighted by atomic mass is 35.5. The minimum atomic E-state index is -0.866. The van der Waals surface area contributed by atoms with E-state index >= 15 is 0 Å². The Morgan fingerprint density at radius 3 is 2.20 bits per heavy atom. The van der Waals surface area contributed by atoms with E-state index in [9.17, 15) is 29.5 Å². The molecule has 3 aromatic carbocycles. The lowest BCUT2D eigenvalue weighted by Gasteiger charge is -2.63. The molecule has 2 aliphatic heterocycles. The third kappa shape index (κ3) is 11.5. The summed E-state index contributed by atoms with van der Waals surface area (Å²) < 4.78 is 12.4. The number of amides is 4.